The maximum atomic E-state index is 12.6. The van der Waals surface area contributed by atoms with Crippen LogP contribution in [0.25, 0.3) is 11.1 Å². The summed E-state index contributed by atoms with van der Waals surface area (Å²) < 4.78 is 0. The lowest BCUT2D eigenvalue weighted by molar-refractivity contribution is -0.125. The van der Waals surface area contributed by atoms with Gasteiger partial charge in [0, 0.05) is 42.6 Å². The second-order valence-corrected chi connectivity index (χ2v) is 7.70. The largest absolute Gasteiger partial charge is 0.352 e. The van der Waals surface area contributed by atoms with Gasteiger partial charge in [-0.25, -0.2) is 9.97 Å². The molecular formula is C23H23ClN4O. The van der Waals surface area contributed by atoms with Gasteiger partial charge in [0.1, 0.15) is 0 Å². The highest BCUT2D eigenvalue weighted by molar-refractivity contribution is 6.30. The van der Waals surface area contributed by atoms with Gasteiger partial charge >= 0.3 is 0 Å². The zero-order valence-corrected chi connectivity index (χ0v) is 16.8. The molecule has 4 rings (SSSR count). The van der Waals surface area contributed by atoms with Crippen LogP contribution in [-0.2, 0) is 11.3 Å². The number of nitrogens with zero attached hydrogens (tertiary/aromatic N) is 3. The molecule has 2 heterocycles. The van der Waals surface area contributed by atoms with Crippen molar-refractivity contribution in [2.75, 3.05) is 18.0 Å². The number of carbonyl (C=O) groups is 1. The number of anilines is 1. The van der Waals surface area contributed by atoms with Crippen LogP contribution in [0.2, 0.25) is 5.02 Å². The quantitative estimate of drug-likeness (QED) is 0.685. The fraction of sp³-hybridized carbons (Fsp3) is 0.261. The minimum absolute atomic E-state index is 0.0616. The van der Waals surface area contributed by atoms with Gasteiger partial charge in [0.2, 0.25) is 11.9 Å². The zero-order valence-electron chi connectivity index (χ0n) is 16.1. The van der Waals surface area contributed by atoms with E-state index in [2.05, 4.69) is 20.2 Å². The summed E-state index contributed by atoms with van der Waals surface area (Å²) in [7, 11) is 0. The molecule has 1 N–H and O–H groups in total. The number of aromatic nitrogens is 2. The van der Waals surface area contributed by atoms with E-state index in [1.54, 1.807) is 0 Å². The number of hydrogen-bond donors (Lipinski definition) is 1. The van der Waals surface area contributed by atoms with E-state index in [1.165, 1.54) is 0 Å². The zero-order chi connectivity index (χ0) is 20.1. The molecule has 1 aliphatic heterocycles. The second kappa shape index (κ2) is 9.05. The Morgan fingerprint density at radius 3 is 2.48 bits per heavy atom. The molecule has 1 fully saturated rings. The Hall–Kier alpha value is -2.92. The first-order valence-corrected chi connectivity index (χ1v) is 10.2. The van der Waals surface area contributed by atoms with Gasteiger partial charge in [0.05, 0.1) is 5.92 Å². The van der Waals surface area contributed by atoms with E-state index in [9.17, 15) is 4.79 Å². The van der Waals surface area contributed by atoms with Gasteiger partial charge < -0.3 is 10.2 Å². The van der Waals surface area contributed by atoms with Crippen molar-refractivity contribution in [2.45, 2.75) is 19.4 Å². The monoisotopic (exact) mass is 406 g/mol. The Balaban J connectivity index is 1.36. The SMILES string of the molecule is O=C(NCc1ccc(Cl)cc1)[C@@H]1CCCN(c2ncc(-c3ccccc3)cn2)C1. The van der Waals surface area contributed by atoms with E-state index in [4.69, 9.17) is 11.6 Å². The van der Waals surface area contributed by atoms with E-state index < -0.39 is 0 Å². The summed E-state index contributed by atoms with van der Waals surface area (Å²) in [5.74, 6) is 0.693. The topological polar surface area (TPSA) is 58.1 Å². The first-order chi connectivity index (χ1) is 14.2. The van der Waals surface area contributed by atoms with Crippen molar-refractivity contribution < 1.29 is 4.79 Å². The van der Waals surface area contributed by atoms with Gasteiger partial charge in [0.15, 0.2) is 0 Å². The molecule has 0 bridgehead atoms. The van der Waals surface area contributed by atoms with Crippen molar-refractivity contribution in [3.8, 4) is 11.1 Å². The molecular weight excluding hydrogens is 384 g/mol. The van der Waals surface area contributed by atoms with E-state index in [-0.39, 0.29) is 11.8 Å². The summed E-state index contributed by atoms with van der Waals surface area (Å²) in [6.07, 6.45) is 5.53. The van der Waals surface area contributed by atoms with Crippen LogP contribution in [0.4, 0.5) is 5.95 Å². The normalized spacial score (nSPS) is 16.4. The summed E-state index contributed by atoms with van der Waals surface area (Å²) in [4.78, 5) is 23.8. The molecule has 1 aliphatic rings. The Morgan fingerprint density at radius 1 is 1.03 bits per heavy atom. The third kappa shape index (κ3) is 4.93. The molecule has 1 amide bonds. The molecule has 0 aliphatic carbocycles. The standard InChI is InChI=1S/C23H23ClN4O/c24-21-10-8-17(9-11-21)13-25-22(29)19-7-4-12-28(16-19)23-26-14-20(15-27-23)18-5-2-1-3-6-18/h1-3,5-6,8-11,14-15,19H,4,7,12-13,16H2,(H,25,29)/t19-/m1/s1. The van der Waals surface area contributed by atoms with Gasteiger partial charge in [-0.3, -0.25) is 4.79 Å². The number of carbonyl (C=O) groups excluding carboxylic acids is 1. The maximum Gasteiger partial charge on any atom is 0.225 e. The third-order valence-corrected chi connectivity index (χ3v) is 5.45. The second-order valence-electron chi connectivity index (χ2n) is 7.27. The fourth-order valence-electron chi connectivity index (χ4n) is 3.57. The molecule has 5 nitrogen and oxygen atoms in total. The van der Waals surface area contributed by atoms with E-state index >= 15 is 0 Å². The molecule has 0 radical (unpaired) electrons. The van der Waals surface area contributed by atoms with E-state index in [1.807, 2.05) is 67.0 Å². The molecule has 2 aromatic carbocycles. The van der Waals surface area contributed by atoms with Crippen LogP contribution < -0.4 is 10.2 Å². The predicted molar refractivity (Wildman–Crippen MR) is 116 cm³/mol. The third-order valence-electron chi connectivity index (χ3n) is 5.20. The molecule has 1 saturated heterocycles. The minimum atomic E-state index is -0.0616. The Morgan fingerprint density at radius 2 is 1.76 bits per heavy atom. The minimum Gasteiger partial charge on any atom is -0.352 e. The average molecular weight is 407 g/mol. The summed E-state index contributed by atoms with van der Waals surface area (Å²) in [6, 6.07) is 17.6. The Labute approximate surface area is 175 Å². The van der Waals surface area contributed by atoms with Crippen LogP contribution in [0, 0.1) is 5.92 Å². The van der Waals surface area contributed by atoms with Crippen molar-refractivity contribution in [2.24, 2.45) is 5.92 Å². The predicted octanol–water partition coefficient (Wildman–Crippen LogP) is 4.33. The van der Waals surface area contributed by atoms with Crippen LogP contribution in [0.5, 0.6) is 0 Å². The first-order valence-electron chi connectivity index (χ1n) is 9.83. The first kappa shape index (κ1) is 19.4. The molecule has 0 unspecified atom stereocenters. The number of benzene rings is 2. The van der Waals surface area contributed by atoms with Crippen LogP contribution in [0.15, 0.2) is 67.0 Å². The molecule has 3 aromatic rings. The summed E-state index contributed by atoms with van der Waals surface area (Å²) >= 11 is 5.91. The average Bonchev–Trinajstić information content (AvgIpc) is 2.79. The molecule has 1 aromatic heterocycles. The van der Waals surface area contributed by atoms with Crippen molar-refractivity contribution in [3.63, 3.8) is 0 Å². The van der Waals surface area contributed by atoms with Gasteiger partial charge in [0.25, 0.3) is 0 Å². The summed E-state index contributed by atoms with van der Waals surface area (Å²) in [6.45, 7) is 2.01. The molecule has 6 heteroatoms. The van der Waals surface area contributed by atoms with Crippen molar-refractivity contribution in [1.29, 1.82) is 0 Å². The number of amides is 1. The van der Waals surface area contributed by atoms with E-state index in [0.717, 1.165) is 36.1 Å². The fourth-order valence-corrected chi connectivity index (χ4v) is 3.70. The van der Waals surface area contributed by atoms with Gasteiger partial charge in [-0.2, -0.15) is 0 Å². The van der Waals surface area contributed by atoms with Crippen LogP contribution in [0.3, 0.4) is 0 Å². The van der Waals surface area contributed by atoms with Gasteiger partial charge in [-0.15, -0.1) is 0 Å². The Kier molecular flexibility index (Phi) is 6.06. The summed E-state index contributed by atoms with van der Waals surface area (Å²) in [5, 5.41) is 3.74. The molecule has 0 saturated carbocycles. The lowest BCUT2D eigenvalue weighted by Crippen LogP contribution is -2.43. The molecule has 1 atom stereocenters. The highest BCUT2D eigenvalue weighted by Crippen LogP contribution is 2.23. The highest BCUT2D eigenvalue weighted by Gasteiger charge is 2.27. The smallest absolute Gasteiger partial charge is 0.225 e. The van der Waals surface area contributed by atoms with Crippen LogP contribution >= 0.6 is 11.6 Å². The molecule has 148 valence electrons. The van der Waals surface area contributed by atoms with E-state index in [0.29, 0.717) is 24.1 Å². The number of rotatable bonds is 5. The van der Waals surface area contributed by atoms with Crippen molar-refractivity contribution >= 4 is 23.5 Å². The van der Waals surface area contributed by atoms with Crippen LogP contribution in [0.1, 0.15) is 18.4 Å². The van der Waals surface area contributed by atoms with Gasteiger partial charge in [-0.05, 0) is 36.1 Å². The summed E-state index contributed by atoms with van der Waals surface area (Å²) in [5.41, 5.74) is 3.12. The van der Waals surface area contributed by atoms with Gasteiger partial charge in [-0.1, -0.05) is 54.1 Å². The lowest BCUT2D eigenvalue weighted by Gasteiger charge is -2.32. The van der Waals surface area contributed by atoms with Crippen LogP contribution in [-0.4, -0.2) is 29.0 Å². The van der Waals surface area contributed by atoms with Crippen molar-refractivity contribution in [3.05, 3.63) is 77.6 Å². The number of halogens is 1. The molecule has 0 spiro atoms. The number of piperidine rings is 1. The number of hydrogen-bond acceptors (Lipinski definition) is 4. The maximum absolute atomic E-state index is 12.6. The number of nitrogens with one attached hydrogen (secondary N) is 1. The Bertz CT molecular complexity index is 945. The lowest BCUT2D eigenvalue weighted by atomic mass is 9.97. The van der Waals surface area contributed by atoms with Crippen molar-refractivity contribution in [1.82, 2.24) is 15.3 Å². The highest BCUT2D eigenvalue weighted by atomic mass is 35.5. The molecule has 29 heavy (non-hydrogen) atoms.